The maximum Gasteiger partial charge on any atom is 0.326 e. The number of carboxylic acid groups (broad SMARTS) is 2. The van der Waals surface area contributed by atoms with Gasteiger partial charge in [-0.3, -0.25) is 9.59 Å². The number of aliphatic carboxylic acids is 2. The topological polar surface area (TPSA) is 166 Å². The molecule has 0 spiro atoms. The molecule has 1 amide bonds. The third-order valence-electron chi connectivity index (χ3n) is 4.99. The number of aryl methyl sites for hydroxylation is 1. The third-order valence-corrected chi connectivity index (χ3v) is 6.40. The van der Waals surface area contributed by atoms with E-state index in [0.29, 0.717) is 21.7 Å². The number of hydrogen-bond donors (Lipinski definition) is 5. The maximum absolute atomic E-state index is 12.6. The summed E-state index contributed by atoms with van der Waals surface area (Å²) in [4.78, 5) is 47.0. The van der Waals surface area contributed by atoms with Crippen LogP contribution in [0.4, 0.5) is 0 Å². The molecule has 3 aromatic heterocycles. The van der Waals surface area contributed by atoms with E-state index in [1.54, 1.807) is 25.3 Å². The van der Waals surface area contributed by atoms with Crippen LogP contribution in [0.2, 0.25) is 0 Å². The molecular weight excluding hydrogens is 424 g/mol. The Hall–Kier alpha value is -3.47. The van der Waals surface area contributed by atoms with Crippen LogP contribution in [-0.2, 0) is 15.0 Å². The molecule has 0 aliphatic carbocycles. The standard InChI is InChI=1S/C20H22N4O6S/c1-9-22-16-15(18(28)23-9)10(8-21-16)20(2,3)13-6-5-12(31-13)17(27)24-11(19(29)30)4-7-14(25)26/h5-6,8,11H,4,7H2,1-3H3,(H,24,27)(H,25,26)(H,29,30)(H2,21,22,23,28)/t11-/m0/s1. The number of nitrogens with zero attached hydrogens (tertiary/aromatic N) is 2. The summed E-state index contributed by atoms with van der Waals surface area (Å²) in [5.41, 5.74) is 0.636. The minimum atomic E-state index is -1.30. The number of H-pyrrole nitrogens is 1. The van der Waals surface area contributed by atoms with Crippen LogP contribution < -0.4 is 5.32 Å². The van der Waals surface area contributed by atoms with Gasteiger partial charge in [-0.15, -0.1) is 11.3 Å². The van der Waals surface area contributed by atoms with E-state index in [4.69, 9.17) is 5.11 Å². The molecule has 5 N–H and O–H groups in total. The number of aromatic nitrogens is 3. The van der Waals surface area contributed by atoms with Crippen LogP contribution in [0.1, 0.15) is 52.6 Å². The van der Waals surface area contributed by atoms with Gasteiger partial charge < -0.3 is 25.6 Å². The molecule has 0 aliphatic rings. The van der Waals surface area contributed by atoms with Crippen LogP contribution in [0, 0.1) is 6.92 Å². The van der Waals surface area contributed by atoms with E-state index < -0.39 is 29.3 Å². The molecule has 11 heteroatoms. The van der Waals surface area contributed by atoms with Crippen molar-refractivity contribution in [1.29, 1.82) is 0 Å². The lowest BCUT2D eigenvalue weighted by molar-refractivity contribution is -0.140. The third kappa shape index (κ3) is 4.50. The van der Waals surface area contributed by atoms with Crippen molar-refractivity contribution in [1.82, 2.24) is 20.3 Å². The second-order valence-electron chi connectivity index (χ2n) is 7.61. The first-order valence-corrected chi connectivity index (χ1v) is 10.2. The Balaban J connectivity index is 1.86. The summed E-state index contributed by atoms with van der Waals surface area (Å²) in [5.74, 6) is -2.73. The fourth-order valence-corrected chi connectivity index (χ4v) is 4.32. The van der Waals surface area contributed by atoms with E-state index in [1.165, 1.54) is 11.3 Å². The maximum atomic E-state index is 12.6. The van der Waals surface area contributed by atoms with E-state index in [9.17, 15) is 24.6 Å². The van der Waals surface area contributed by atoms with Gasteiger partial charge in [-0.2, -0.15) is 4.98 Å². The Labute approximate surface area is 181 Å². The zero-order valence-electron chi connectivity index (χ0n) is 17.1. The van der Waals surface area contributed by atoms with E-state index in [-0.39, 0.29) is 18.7 Å². The quantitative estimate of drug-likeness (QED) is 0.352. The van der Waals surface area contributed by atoms with Crippen LogP contribution in [0.5, 0.6) is 5.88 Å². The summed E-state index contributed by atoms with van der Waals surface area (Å²) >= 11 is 1.18. The second kappa shape index (κ2) is 8.34. The number of carboxylic acids is 2. The summed E-state index contributed by atoms with van der Waals surface area (Å²) in [7, 11) is 0. The zero-order chi connectivity index (χ0) is 22.9. The molecule has 0 radical (unpaired) electrons. The highest BCUT2D eigenvalue weighted by atomic mass is 32.1. The van der Waals surface area contributed by atoms with Gasteiger partial charge in [0.15, 0.2) is 0 Å². The van der Waals surface area contributed by atoms with Crippen LogP contribution in [0.25, 0.3) is 11.0 Å². The fraction of sp³-hybridized carbons (Fsp3) is 0.350. The van der Waals surface area contributed by atoms with E-state index in [0.717, 1.165) is 10.4 Å². The predicted molar refractivity (Wildman–Crippen MR) is 112 cm³/mol. The van der Waals surface area contributed by atoms with Gasteiger partial charge in [0.1, 0.15) is 17.5 Å². The molecule has 10 nitrogen and oxygen atoms in total. The number of carbonyl (C=O) groups is 3. The Morgan fingerprint density at radius 1 is 1.23 bits per heavy atom. The number of fused-ring (bicyclic) bond motifs is 1. The molecule has 164 valence electrons. The Bertz CT molecular complexity index is 1170. The number of aromatic hydroxyl groups is 1. The smallest absolute Gasteiger partial charge is 0.326 e. The number of nitrogens with one attached hydrogen (secondary N) is 2. The number of carbonyl (C=O) groups excluding carboxylic acids is 1. The molecule has 3 heterocycles. The Morgan fingerprint density at radius 2 is 1.94 bits per heavy atom. The molecule has 0 aliphatic heterocycles. The highest BCUT2D eigenvalue weighted by Gasteiger charge is 2.31. The molecule has 0 saturated carbocycles. The van der Waals surface area contributed by atoms with Crippen LogP contribution in [-0.4, -0.2) is 54.2 Å². The molecule has 0 bridgehead atoms. The van der Waals surface area contributed by atoms with Gasteiger partial charge in [0, 0.05) is 22.9 Å². The van der Waals surface area contributed by atoms with Gasteiger partial charge in [0.05, 0.1) is 10.3 Å². The summed E-state index contributed by atoms with van der Waals surface area (Å²) in [6.07, 6.45) is 1.16. The number of aromatic amines is 1. The average molecular weight is 446 g/mol. The predicted octanol–water partition coefficient (Wildman–Crippen LogP) is 2.41. The molecule has 31 heavy (non-hydrogen) atoms. The SMILES string of the molecule is Cc1nc(O)c2c(C(C)(C)c3ccc(C(=O)N[C@@H](CCC(=O)O)C(=O)O)s3)c[nH]c2n1. The highest BCUT2D eigenvalue weighted by molar-refractivity contribution is 7.14. The summed E-state index contributed by atoms with van der Waals surface area (Å²) in [5, 5.41) is 31.2. The lowest BCUT2D eigenvalue weighted by Crippen LogP contribution is -2.40. The van der Waals surface area contributed by atoms with Crippen molar-refractivity contribution >= 4 is 40.2 Å². The fourth-order valence-electron chi connectivity index (χ4n) is 3.30. The van der Waals surface area contributed by atoms with E-state index >= 15 is 0 Å². The van der Waals surface area contributed by atoms with Gasteiger partial charge in [-0.1, -0.05) is 13.8 Å². The summed E-state index contributed by atoms with van der Waals surface area (Å²) < 4.78 is 0. The molecule has 0 fully saturated rings. The van der Waals surface area contributed by atoms with Gasteiger partial charge in [0.25, 0.3) is 5.91 Å². The van der Waals surface area contributed by atoms with Gasteiger partial charge in [0.2, 0.25) is 5.88 Å². The van der Waals surface area contributed by atoms with Crippen LogP contribution in [0.15, 0.2) is 18.3 Å². The van der Waals surface area contributed by atoms with Crippen molar-refractivity contribution in [2.24, 2.45) is 0 Å². The van der Waals surface area contributed by atoms with Crippen molar-refractivity contribution in [2.75, 3.05) is 0 Å². The Morgan fingerprint density at radius 3 is 2.58 bits per heavy atom. The molecule has 0 aromatic carbocycles. The van der Waals surface area contributed by atoms with Crippen LogP contribution in [0.3, 0.4) is 0 Å². The highest BCUT2D eigenvalue weighted by Crippen LogP contribution is 2.41. The summed E-state index contributed by atoms with van der Waals surface area (Å²) in [6, 6.07) is 2.05. The van der Waals surface area contributed by atoms with Crippen LogP contribution >= 0.6 is 11.3 Å². The number of thiophene rings is 1. The first-order chi connectivity index (χ1) is 14.5. The largest absolute Gasteiger partial charge is 0.493 e. The number of amides is 1. The monoisotopic (exact) mass is 446 g/mol. The average Bonchev–Trinajstić information content (AvgIpc) is 3.32. The number of rotatable bonds is 8. The molecule has 0 saturated heterocycles. The van der Waals surface area contributed by atoms with Crippen molar-refractivity contribution in [3.8, 4) is 5.88 Å². The van der Waals surface area contributed by atoms with Crippen molar-refractivity contribution in [3.05, 3.63) is 39.5 Å². The molecule has 0 unspecified atom stereocenters. The first kappa shape index (κ1) is 22.2. The molecule has 1 atom stereocenters. The van der Waals surface area contributed by atoms with Gasteiger partial charge in [-0.05, 0) is 31.0 Å². The normalized spacial score (nSPS) is 12.6. The summed E-state index contributed by atoms with van der Waals surface area (Å²) in [6.45, 7) is 5.53. The second-order valence-corrected chi connectivity index (χ2v) is 8.69. The molecule has 3 aromatic rings. The number of hydrogen-bond acceptors (Lipinski definition) is 7. The van der Waals surface area contributed by atoms with Crippen molar-refractivity contribution in [3.63, 3.8) is 0 Å². The van der Waals surface area contributed by atoms with E-state index in [2.05, 4.69) is 20.3 Å². The molecule has 3 rings (SSSR count). The van der Waals surface area contributed by atoms with E-state index in [1.807, 2.05) is 13.8 Å². The van der Waals surface area contributed by atoms with Crippen molar-refractivity contribution in [2.45, 2.75) is 45.1 Å². The molecular formula is C20H22N4O6S. The van der Waals surface area contributed by atoms with Gasteiger partial charge in [-0.25, -0.2) is 9.78 Å². The zero-order valence-corrected chi connectivity index (χ0v) is 17.9. The van der Waals surface area contributed by atoms with Gasteiger partial charge >= 0.3 is 11.9 Å². The lowest BCUT2D eigenvalue weighted by Gasteiger charge is -2.23. The van der Waals surface area contributed by atoms with Crippen molar-refractivity contribution < 1.29 is 29.7 Å². The Kier molecular flexibility index (Phi) is 5.98. The first-order valence-electron chi connectivity index (χ1n) is 9.41. The minimum absolute atomic E-state index is 0.135. The lowest BCUT2D eigenvalue weighted by atomic mass is 9.83. The minimum Gasteiger partial charge on any atom is -0.493 e.